The molecule has 0 aliphatic heterocycles. The van der Waals surface area contributed by atoms with E-state index < -0.39 is 4.25 Å². The van der Waals surface area contributed by atoms with E-state index >= 15 is 0 Å². The van der Waals surface area contributed by atoms with Crippen molar-refractivity contribution in [3.05, 3.63) is 103 Å². The van der Waals surface area contributed by atoms with Gasteiger partial charge in [-0.2, -0.15) is 0 Å². The number of halogens is 2. The molecule has 30 heavy (non-hydrogen) atoms. The second kappa shape index (κ2) is 11.8. The standard InChI is InChI=1S/C27H31I2P/c28-23-15-4-2-1-3-5-16-24-30(29,25-17-9-6-10-18-25,26-19-11-7-12-20-26)27-21-13-8-14-22-27/h5-14,16-22H,1-4,15,23-24H2. The normalized spacial score (nSPS) is 13.2. The first-order chi connectivity index (χ1) is 14.7. The molecular weight excluding hydrogens is 609 g/mol. The molecule has 0 unspecified atom stereocenters. The van der Waals surface area contributed by atoms with Crippen molar-refractivity contribution < 1.29 is 0 Å². The molecule has 0 saturated heterocycles. The number of alkyl halides is 1. The van der Waals surface area contributed by atoms with Gasteiger partial charge in [0.25, 0.3) is 0 Å². The van der Waals surface area contributed by atoms with Gasteiger partial charge in [0, 0.05) is 0 Å². The third kappa shape index (κ3) is 5.37. The summed E-state index contributed by atoms with van der Waals surface area (Å²) in [6.07, 6.45) is 12.5. The number of rotatable bonds is 11. The van der Waals surface area contributed by atoms with Crippen LogP contribution in [-0.4, -0.2) is 10.6 Å². The molecule has 0 fully saturated rings. The molecule has 0 aromatic heterocycles. The zero-order valence-electron chi connectivity index (χ0n) is 17.5. The van der Waals surface area contributed by atoms with Crippen LogP contribution in [0.4, 0.5) is 0 Å². The Labute approximate surface area is 209 Å². The van der Waals surface area contributed by atoms with E-state index in [1.807, 2.05) is 0 Å². The van der Waals surface area contributed by atoms with E-state index in [1.165, 1.54) is 52.4 Å². The predicted octanol–water partition coefficient (Wildman–Crippen LogP) is 7.81. The fourth-order valence-electron chi connectivity index (χ4n) is 4.08. The molecule has 0 aliphatic carbocycles. The molecule has 3 rings (SSSR count). The molecule has 0 atom stereocenters. The maximum absolute atomic E-state index is 2.86. The number of hydrogen-bond donors (Lipinski definition) is 0. The average molecular weight is 640 g/mol. The molecule has 0 nitrogen and oxygen atoms in total. The van der Waals surface area contributed by atoms with Gasteiger partial charge in [0.1, 0.15) is 0 Å². The van der Waals surface area contributed by atoms with Crippen molar-refractivity contribution in [1.82, 2.24) is 0 Å². The SMILES string of the molecule is ICCCCCCC=CCP(I)(c1ccccc1)(c1ccccc1)c1ccccc1. The Balaban J connectivity index is 2.00. The van der Waals surface area contributed by atoms with Gasteiger partial charge in [0.2, 0.25) is 0 Å². The summed E-state index contributed by atoms with van der Waals surface area (Å²) < 4.78 is -1.36. The predicted molar refractivity (Wildman–Crippen MR) is 155 cm³/mol. The summed E-state index contributed by atoms with van der Waals surface area (Å²) in [7, 11) is 0. The van der Waals surface area contributed by atoms with E-state index in [4.69, 9.17) is 0 Å². The molecule has 0 saturated carbocycles. The summed E-state index contributed by atoms with van der Waals surface area (Å²) in [5, 5.41) is 4.36. The van der Waals surface area contributed by atoms with Gasteiger partial charge in [0.05, 0.1) is 0 Å². The van der Waals surface area contributed by atoms with Crippen molar-refractivity contribution in [2.75, 3.05) is 10.6 Å². The van der Waals surface area contributed by atoms with Crippen LogP contribution in [0.15, 0.2) is 103 Å². The maximum atomic E-state index is 2.86. The van der Waals surface area contributed by atoms with E-state index in [0.717, 1.165) is 6.16 Å². The molecule has 3 aromatic carbocycles. The van der Waals surface area contributed by atoms with Crippen LogP contribution < -0.4 is 15.9 Å². The first kappa shape index (κ1) is 23.9. The van der Waals surface area contributed by atoms with E-state index in [2.05, 4.69) is 148 Å². The number of allylic oxidation sites excluding steroid dienone is 2. The van der Waals surface area contributed by atoms with Gasteiger partial charge in [-0.15, -0.1) is 0 Å². The van der Waals surface area contributed by atoms with Crippen molar-refractivity contribution in [3.8, 4) is 0 Å². The zero-order chi connectivity index (χ0) is 21.1. The number of benzene rings is 3. The Bertz CT molecular complexity index is 808. The Morgan fingerprint density at radius 3 is 1.43 bits per heavy atom. The van der Waals surface area contributed by atoms with Gasteiger partial charge in [0.15, 0.2) is 0 Å². The molecular formula is C27H31I2P. The van der Waals surface area contributed by atoms with E-state index in [1.54, 1.807) is 0 Å². The molecule has 0 aliphatic rings. The molecule has 0 amide bonds. The van der Waals surface area contributed by atoms with Crippen LogP contribution in [0.5, 0.6) is 0 Å². The Hall–Kier alpha value is -0.710. The number of unbranched alkanes of at least 4 members (excludes halogenated alkanes) is 4. The van der Waals surface area contributed by atoms with Crippen LogP contribution >= 0.6 is 48.9 Å². The fourth-order valence-corrected chi connectivity index (χ4v) is 12.6. The first-order valence-corrected chi connectivity index (χ1v) is 17.5. The van der Waals surface area contributed by atoms with Crippen LogP contribution in [0, 0.1) is 0 Å². The molecule has 0 spiro atoms. The molecule has 0 radical (unpaired) electrons. The van der Waals surface area contributed by atoms with Crippen LogP contribution in [0.1, 0.15) is 32.1 Å². The van der Waals surface area contributed by atoms with Gasteiger partial charge >= 0.3 is 211 Å². The van der Waals surface area contributed by atoms with Gasteiger partial charge in [-0.3, -0.25) is 0 Å². The summed E-state index contributed by atoms with van der Waals surface area (Å²) in [4.78, 5) is 0. The minimum atomic E-state index is -2.64. The van der Waals surface area contributed by atoms with Crippen molar-refractivity contribution in [2.45, 2.75) is 32.1 Å². The minimum absolute atomic E-state index is 1.05. The summed E-state index contributed by atoms with van der Waals surface area (Å²) >= 11 is 5.34. The summed E-state index contributed by atoms with van der Waals surface area (Å²) in [6.45, 7) is 0. The number of hydrogen-bond acceptors (Lipinski definition) is 0. The van der Waals surface area contributed by atoms with Gasteiger partial charge < -0.3 is 0 Å². The van der Waals surface area contributed by atoms with Crippen molar-refractivity contribution >= 4 is 64.8 Å². The van der Waals surface area contributed by atoms with E-state index in [9.17, 15) is 0 Å². The van der Waals surface area contributed by atoms with Gasteiger partial charge in [-0.1, -0.05) is 0 Å². The second-order valence-corrected chi connectivity index (χ2v) is 19.5. The molecule has 3 aromatic rings. The van der Waals surface area contributed by atoms with Crippen LogP contribution in [0.3, 0.4) is 0 Å². The van der Waals surface area contributed by atoms with Crippen molar-refractivity contribution in [1.29, 1.82) is 0 Å². The van der Waals surface area contributed by atoms with Crippen molar-refractivity contribution in [2.24, 2.45) is 0 Å². The molecule has 158 valence electrons. The second-order valence-electron chi connectivity index (χ2n) is 7.74. The van der Waals surface area contributed by atoms with E-state index in [-0.39, 0.29) is 0 Å². The molecule has 0 bridgehead atoms. The molecule has 0 heterocycles. The Kier molecular flexibility index (Phi) is 9.40. The fraction of sp³-hybridized carbons (Fsp3) is 0.259. The van der Waals surface area contributed by atoms with Crippen molar-refractivity contribution in [3.63, 3.8) is 0 Å². The first-order valence-electron chi connectivity index (χ1n) is 10.8. The monoisotopic (exact) mass is 640 g/mol. The van der Waals surface area contributed by atoms with Gasteiger partial charge in [-0.25, -0.2) is 0 Å². The average Bonchev–Trinajstić information content (AvgIpc) is 2.82. The third-order valence-corrected chi connectivity index (χ3v) is 17.7. The van der Waals surface area contributed by atoms with Crippen LogP contribution in [-0.2, 0) is 0 Å². The summed E-state index contributed by atoms with van der Waals surface area (Å²) in [5.74, 6) is 0. The van der Waals surface area contributed by atoms with Crippen LogP contribution in [0.2, 0.25) is 0 Å². The van der Waals surface area contributed by atoms with Crippen LogP contribution in [0.25, 0.3) is 0 Å². The van der Waals surface area contributed by atoms with Gasteiger partial charge in [-0.05, 0) is 0 Å². The summed E-state index contributed by atoms with van der Waals surface area (Å²) in [5.41, 5.74) is 0. The topological polar surface area (TPSA) is 0 Å². The molecule has 0 N–H and O–H groups in total. The quantitative estimate of drug-likeness (QED) is 0.0660. The summed E-state index contributed by atoms with van der Waals surface area (Å²) in [6, 6.07) is 33.6. The zero-order valence-corrected chi connectivity index (χ0v) is 22.7. The Morgan fingerprint density at radius 1 is 0.567 bits per heavy atom. The Morgan fingerprint density at radius 2 is 1.00 bits per heavy atom. The molecule has 3 heteroatoms. The van der Waals surface area contributed by atoms with E-state index in [0.29, 0.717) is 0 Å². The third-order valence-electron chi connectivity index (χ3n) is 5.75.